The normalized spacial score (nSPS) is 11.5. The molecular weight excluding hydrogens is 484 g/mol. The molecule has 0 bridgehead atoms. The van der Waals surface area contributed by atoms with Crippen LogP contribution in [0, 0.1) is 0 Å². The maximum atomic E-state index is 13.1. The Labute approximate surface area is 197 Å². The highest BCUT2D eigenvalue weighted by atomic mass is 79.9. The predicted molar refractivity (Wildman–Crippen MR) is 126 cm³/mol. The van der Waals surface area contributed by atoms with Crippen LogP contribution in [0.25, 0.3) is 0 Å². The van der Waals surface area contributed by atoms with Crippen molar-refractivity contribution in [2.45, 2.75) is 39.3 Å². The fourth-order valence-electron chi connectivity index (χ4n) is 2.90. The summed E-state index contributed by atoms with van der Waals surface area (Å²) in [5, 5.41) is 3.29. The van der Waals surface area contributed by atoms with Crippen LogP contribution in [0.3, 0.4) is 0 Å². The minimum absolute atomic E-state index is 0.202. The molecule has 0 spiro atoms. The van der Waals surface area contributed by atoms with Crippen molar-refractivity contribution in [2.75, 3.05) is 20.3 Å². The van der Waals surface area contributed by atoms with Crippen molar-refractivity contribution in [1.82, 2.24) is 10.2 Å². The summed E-state index contributed by atoms with van der Waals surface area (Å²) in [6, 6.07) is 11.9. The first-order valence-corrected chi connectivity index (χ1v) is 11.3. The molecule has 0 saturated heterocycles. The second-order valence-corrected chi connectivity index (χ2v) is 8.38. The molecule has 0 radical (unpaired) electrons. The molecule has 0 aliphatic carbocycles. The molecule has 0 unspecified atom stereocenters. The largest absolute Gasteiger partial charge is 0.497 e. The molecular formula is C23H28BrClN2O4. The van der Waals surface area contributed by atoms with Gasteiger partial charge < -0.3 is 19.7 Å². The molecule has 0 fully saturated rings. The topological polar surface area (TPSA) is 67.9 Å². The highest BCUT2D eigenvalue weighted by molar-refractivity contribution is 9.10. The van der Waals surface area contributed by atoms with E-state index in [0.717, 1.165) is 22.9 Å². The second-order valence-electron chi connectivity index (χ2n) is 7.06. The zero-order valence-electron chi connectivity index (χ0n) is 18.0. The number of halogens is 2. The Bertz CT molecular complexity index is 894. The molecule has 168 valence electrons. The van der Waals surface area contributed by atoms with Crippen molar-refractivity contribution >= 4 is 39.3 Å². The van der Waals surface area contributed by atoms with Crippen LogP contribution in [0.2, 0.25) is 5.02 Å². The molecule has 31 heavy (non-hydrogen) atoms. The van der Waals surface area contributed by atoms with E-state index >= 15 is 0 Å². The zero-order valence-corrected chi connectivity index (χ0v) is 20.3. The van der Waals surface area contributed by atoms with E-state index in [4.69, 9.17) is 21.1 Å². The smallest absolute Gasteiger partial charge is 0.261 e. The van der Waals surface area contributed by atoms with Gasteiger partial charge in [0.1, 0.15) is 17.5 Å². The SMILES string of the molecule is CCCCNC(=O)[C@H](C)N(Cc1cccc(OC)c1)C(=O)COc1ccc(Br)cc1Cl. The third-order valence-corrected chi connectivity index (χ3v) is 5.52. The summed E-state index contributed by atoms with van der Waals surface area (Å²) in [4.78, 5) is 27.2. The van der Waals surface area contributed by atoms with Gasteiger partial charge in [-0.2, -0.15) is 0 Å². The van der Waals surface area contributed by atoms with Crippen molar-refractivity contribution in [2.24, 2.45) is 0 Å². The van der Waals surface area contributed by atoms with E-state index < -0.39 is 6.04 Å². The first kappa shape index (κ1) is 25.0. The van der Waals surface area contributed by atoms with Gasteiger partial charge in [0.25, 0.3) is 5.91 Å². The van der Waals surface area contributed by atoms with Gasteiger partial charge in [-0.05, 0) is 49.2 Å². The van der Waals surface area contributed by atoms with Crippen molar-refractivity contribution in [1.29, 1.82) is 0 Å². The van der Waals surface area contributed by atoms with E-state index in [1.807, 2.05) is 24.3 Å². The number of nitrogens with zero attached hydrogens (tertiary/aromatic N) is 1. The summed E-state index contributed by atoms with van der Waals surface area (Å²) in [5.41, 5.74) is 0.850. The van der Waals surface area contributed by atoms with Crippen LogP contribution in [-0.4, -0.2) is 43.0 Å². The Balaban J connectivity index is 2.16. The number of carbonyl (C=O) groups excluding carboxylic acids is 2. The number of nitrogens with one attached hydrogen (secondary N) is 1. The fourth-order valence-corrected chi connectivity index (χ4v) is 3.63. The third-order valence-electron chi connectivity index (χ3n) is 4.73. The summed E-state index contributed by atoms with van der Waals surface area (Å²) < 4.78 is 11.7. The first-order chi connectivity index (χ1) is 14.8. The second kappa shape index (κ2) is 12.6. The summed E-state index contributed by atoms with van der Waals surface area (Å²) in [6.45, 7) is 4.35. The Morgan fingerprint density at radius 3 is 2.68 bits per heavy atom. The van der Waals surface area contributed by atoms with Gasteiger partial charge in [-0.15, -0.1) is 0 Å². The van der Waals surface area contributed by atoms with Gasteiger partial charge in [0.15, 0.2) is 6.61 Å². The van der Waals surface area contributed by atoms with E-state index in [9.17, 15) is 9.59 Å². The molecule has 6 nitrogen and oxygen atoms in total. The predicted octanol–water partition coefficient (Wildman–Crippen LogP) is 4.82. The highest BCUT2D eigenvalue weighted by Crippen LogP contribution is 2.28. The molecule has 2 rings (SSSR count). The van der Waals surface area contributed by atoms with E-state index in [0.29, 0.717) is 23.1 Å². The Kier molecular flexibility index (Phi) is 10.1. The molecule has 0 heterocycles. The average molecular weight is 512 g/mol. The average Bonchev–Trinajstić information content (AvgIpc) is 2.76. The van der Waals surface area contributed by atoms with Gasteiger partial charge >= 0.3 is 0 Å². The number of ether oxygens (including phenoxy) is 2. The molecule has 0 aliphatic heterocycles. The maximum Gasteiger partial charge on any atom is 0.261 e. The standard InChI is InChI=1S/C23H28BrClN2O4/c1-4-5-11-26-23(29)16(2)27(14-17-7-6-8-19(12-17)30-3)22(28)15-31-21-10-9-18(24)13-20(21)25/h6-10,12-13,16H,4-5,11,14-15H2,1-3H3,(H,26,29)/t16-/m0/s1. The molecule has 1 atom stereocenters. The quantitative estimate of drug-likeness (QED) is 0.439. The Morgan fingerprint density at radius 1 is 1.23 bits per heavy atom. The van der Waals surface area contributed by atoms with Crippen LogP contribution in [0.15, 0.2) is 46.9 Å². The Morgan fingerprint density at radius 2 is 2.00 bits per heavy atom. The number of benzene rings is 2. The van der Waals surface area contributed by atoms with Crippen molar-refractivity contribution < 1.29 is 19.1 Å². The van der Waals surface area contributed by atoms with E-state index in [1.54, 1.807) is 32.2 Å². The van der Waals surface area contributed by atoms with Crippen LogP contribution in [0.1, 0.15) is 32.3 Å². The zero-order chi connectivity index (χ0) is 22.8. The van der Waals surface area contributed by atoms with E-state index in [2.05, 4.69) is 28.2 Å². The molecule has 2 aromatic carbocycles. The number of amides is 2. The van der Waals surface area contributed by atoms with Crippen molar-refractivity contribution in [3.63, 3.8) is 0 Å². The Hall–Kier alpha value is -2.25. The highest BCUT2D eigenvalue weighted by Gasteiger charge is 2.26. The van der Waals surface area contributed by atoms with Gasteiger partial charge in [-0.3, -0.25) is 9.59 Å². The van der Waals surface area contributed by atoms with Gasteiger partial charge in [-0.25, -0.2) is 0 Å². The fraction of sp³-hybridized carbons (Fsp3) is 0.391. The summed E-state index contributed by atoms with van der Waals surface area (Å²) in [7, 11) is 1.58. The number of hydrogen-bond donors (Lipinski definition) is 1. The number of methoxy groups -OCH3 is 1. The van der Waals surface area contributed by atoms with Crippen LogP contribution in [0.4, 0.5) is 0 Å². The van der Waals surface area contributed by atoms with Crippen molar-refractivity contribution in [3.8, 4) is 11.5 Å². The minimum atomic E-state index is -0.667. The van der Waals surface area contributed by atoms with E-state index in [1.165, 1.54) is 4.90 Å². The first-order valence-electron chi connectivity index (χ1n) is 10.1. The lowest BCUT2D eigenvalue weighted by Crippen LogP contribution is -2.49. The number of rotatable bonds is 11. The lowest BCUT2D eigenvalue weighted by molar-refractivity contribution is -0.142. The van der Waals surface area contributed by atoms with Crippen LogP contribution < -0.4 is 14.8 Å². The maximum absolute atomic E-state index is 13.1. The van der Waals surface area contributed by atoms with Gasteiger partial charge in [0.2, 0.25) is 5.91 Å². The van der Waals surface area contributed by atoms with Gasteiger partial charge in [0.05, 0.1) is 12.1 Å². The van der Waals surface area contributed by atoms with Crippen LogP contribution in [-0.2, 0) is 16.1 Å². The molecule has 1 N–H and O–H groups in total. The summed E-state index contributed by atoms with van der Waals surface area (Å²) >= 11 is 9.52. The van der Waals surface area contributed by atoms with Crippen LogP contribution >= 0.6 is 27.5 Å². The van der Waals surface area contributed by atoms with Crippen molar-refractivity contribution in [3.05, 3.63) is 57.5 Å². The lowest BCUT2D eigenvalue weighted by Gasteiger charge is -2.29. The molecule has 8 heteroatoms. The summed E-state index contributed by atoms with van der Waals surface area (Å²) in [5.74, 6) is 0.564. The number of unbranched alkanes of at least 4 members (excludes halogenated alkanes) is 1. The third kappa shape index (κ3) is 7.74. The lowest BCUT2D eigenvalue weighted by atomic mass is 10.1. The van der Waals surface area contributed by atoms with Crippen LogP contribution in [0.5, 0.6) is 11.5 Å². The van der Waals surface area contributed by atoms with Gasteiger partial charge in [-0.1, -0.05) is 53.0 Å². The molecule has 2 amide bonds. The molecule has 0 aliphatic rings. The van der Waals surface area contributed by atoms with E-state index in [-0.39, 0.29) is 25.0 Å². The molecule has 0 aromatic heterocycles. The number of hydrogen-bond acceptors (Lipinski definition) is 4. The minimum Gasteiger partial charge on any atom is -0.497 e. The van der Waals surface area contributed by atoms with Gasteiger partial charge in [0, 0.05) is 17.6 Å². The summed E-state index contributed by atoms with van der Waals surface area (Å²) in [6.07, 6.45) is 1.86. The monoisotopic (exact) mass is 510 g/mol. The molecule has 0 saturated carbocycles. The molecule has 2 aromatic rings. The number of carbonyl (C=O) groups is 2.